The number of aromatic nitrogens is 1. The molecule has 0 aliphatic heterocycles. The highest BCUT2D eigenvalue weighted by Gasteiger charge is 2.08. The highest BCUT2D eigenvalue weighted by atomic mass is 14.9. The standard InChI is InChI=1S/C12H22N2/c1-4-6-12(13-3)11-7-9-14(10-11)8-5-2/h7,9-10,12-13H,4-6,8H2,1-3H3. The van der Waals surface area contributed by atoms with Gasteiger partial charge in [-0.05, 0) is 31.5 Å². The van der Waals surface area contributed by atoms with Gasteiger partial charge in [-0.25, -0.2) is 0 Å². The molecule has 2 nitrogen and oxygen atoms in total. The molecule has 0 aliphatic rings. The van der Waals surface area contributed by atoms with Crippen LogP contribution in [0.15, 0.2) is 18.5 Å². The summed E-state index contributed by atoms with van der Waals surface area (Å²) in [6.45, 7) is 5.57. The predicted molar refractivity (Wildman–Crippen MR) is 61.4 cm³/mol. The van der Waals surface area contributed by atoms with Crippen molar-refractivity contribution in [2.24, 2.45) is 0 Å². The largest absolute Gasteiger partial charge is 0.354 e. The van der Waals surface area contributed by atoms with Crippen molar-refractivity contribution in [3.63, 3.8) is 0 Å². The van der Waals surface area contributed by atoms with Crippen molar-refractivity contribution in [3.8, 4) is 0 Å². The molecule has 0 bridgehead atoms. The molecule has 1 atom stereocenters. The third-order valence-corrected chi connectivity index (χ3v) is 2.58. The number of nitrogens with one attached hydrogen (secondary N) is 1. The molecule has 0 saturated heterocycles. The Morgan fingerprint density at radius 1 is 1.36 bits per heavy atom. The molecule has 0 fully saturated rings. The van der Waals surface area contributed by atoms with Crippen molar-refractivity contribution >= 4 is 0 Å². The number of rotatable bonds is 6. The average molecular weight is 194 g/mol. The van der Waals surface area contributed by atoms with E-state index in [9.17, 15) is 0 Å². The maximum atomic E-state index is 3.36. The minimum absolute atomic E-state index is 0.526. The molecule has 2 heteroatoms. The fraction of sp³-hybridized carbons (Fsp3) is 0.667. The Kier molecular flexibility index (Phi) is 4.74. The van der Waals surface area contributed by atoms with E-state index in [2.05, 4.69) is 42.2 Å². The summed E-state index contributed by atoms with van der Waals surface area (Å²) < 4.78 is 2.27. The van der Waals surface area contributed by atoms with Gasteiger partial charge in [0.05, 0.1) is 0 Å². The third-order valence-electron chi connectivity index (χ3n) is 2.58. The number of hydrogen-bond donors (Lipinski definition) is 1. The van der Waals surface area contributed by atoms with Crippen LogP contribution < -0.4 is 5.32 Å². The summed E-state index contributed by atoms with van der Waals surface area (Å²) in [5, 5.41) is 3.36. The smallest absolute Gasteiger partial charge is 0.0332 e. The van der Waals surface area contributed by atoms with Gasteiger partial charge in [0, 0.05) is 25.0 Å². The maximum Gasteiger partial charge on any atom is 0.0332 e. The summed E-state index contributed by atoms with van der Waals surface area (Å²) >= 11 is 0. The van der Waals surface area contributed by atoms with Crippen LogP contribution in [0.5, 0.6) is 0 Å². The SMILES string of the molecule is CCCC(NC)c1ccn(CCC)c1. The molecule has 0 spiro atoms. The number of hydrogen-bond acceptors (Lipinski definition) is 1. The van der Waals surface area contributed by atoms with Crippen LogP contribution >= 0.6 is 0 Å². The predicted octanol–water partition coefficient (Wildman–Crippen LogP) is 2.96. The average Bonchev–Trinajstić information content (AvgIpc) is 2.63. The Morgan fingerprint density at radius 2 is 2.14 bits per heavy atom. The summed E-state index contributed by atoms with van der Waals surface area (Å²) in [6, 6.07) is 2.75. The molecular formula is C12H22N2. The highest BCUT2D eigenvalue weighted by Crippen LogP contribution is 2.18. The van der Waals surface area contributed by atoms with Gasteiger partial charge in [0.25, 0.3) is 0 Å². The summed E-state index contributed by atoms with van der Waals surface area (Å²) in [7, 11) is 2.04. The van der Waals surface area contributed by atoms with E-state index in [1.54, 1.807) is 0 Å². The molecule has 0 radical (unpaired) electrons. The van der Waals surface area contributed by atoms with Crippen molar-refractivity contribution in [2.45, 2.75) is 45.7 Å². The summed E-state index contributed by atoms with van der Waals surface area (Å²) in [6.07, 6.45) is 8.09. The van der Waals surface area contributed by atoms with E-state index in [-0.39, 0.29) is 0 Å². The summed E-state index contributed by atoms with van der Waals surface area (Å²) in [5.74, 6) is 0. The van der Waals surface area contributed by atoms with Crippen LogP contribution in [0.1, 0.15) is 44.7 Å². The van der Waals surface area contributed by atoms with E-state index in [4.69, 9.17) is 0 Å². The van der Waals surface area contributed by atoms with Crippen LogP contribution in [0.25, 0.3) is 0 Å². The quantitative estimate of drug-likeness (QED) is 0.736. The lowest BCUT2D eigenvalue weighted by Gasteiger charge is -2.13. The molecular weight excluding hydrogens is 172 g/mol. The van der Waals surface area contributed by atoms with E-state index in [0.29, 0.717) is 6.04 Å². The van der Waals surface area contributed by atoms with Gasteiger partial charge >= 0.3 is 0 Å². The van der Waals surface area contributed by atoms with E-state index < -0.39 is 0 Å². The third kappa shape index (κ3) is 2.88. The van der Waals surface area contributed by atoms with Gasteiger partial charge in [0.15, 0.2) is 0 Å². The van der Waals surface area contributed by atoms with Gasteiger partial charge < -0.3 is 9.88 Å². The first-order valence-corrected chi connectivity index (χ1v) is 5.64. The molecule has 1 N–H and O–H groups in total. The Morgan fingerprint density at radius 3 is 2.71 bits per heavy atom. The first kappa shape index (κ1) is 11.3. The number of nitrogens with zero attached hydrogens (tertiary/aromatic N) is 1. The fourth-order valence-electron chi connectivity index (χ4n) is 1.83. The monoisotopic (exact) mass is 194 g/mol. The topological polar surface area (TPSA) is 17.0 Å². The first-order valence-electron chi connectivity index (χ1n) is 5.64. The zero-order chi connectivity index (χ0) is 10.4. The normalized spacial score (nSPS) is 13.1. The fourth-order valence-corrected chi connectivity index (χ4v) is 1.83. The van der Waals surface area contributed by atoms with Crippen LogP contribution in [0.3, 0.4) is 0 Å². The minimum atomic E-state index is 0.526. The van der Waals surface area contributed by atoms with Gasteiger partial charge in [-0.15, -0.1) is 0 Å². The summed E-state index contributed by atoms with van der Waals surface area (Å²) in [5.41, 5.74) is 1.42. The van der Waals surface area contributed by atoms with Crippen LogP contribution in [0.2, 0.25) is 0 Å². The van der Waals surface area contributed by atoms with Crippen molar-refractivity contribution in [2.75, 3.05) is 7.05 Å². The first-order chi connectivity index (χ1) is 6.81. The van der Waals surface area contributed by atoms with Crippen molar-refractivity contribution in [1.29, 1.82) is 0 Å². The lowest BCUT2D eigenvalue weighted by Crippen LogP contribution is -2.15. The van der Waals surface area contributed by atoms with Gasteiger partial charge in [-0.3, -0.25) is 0 Å². The molecule has 1 rings (SSSR count). The van der Waals surface area contributed by atoms with E-state index >= 15 is 0 Å². The second-order valence-electron chi connectivity index (χ2n) is 3.81. The Bertz CT molecular complexity index is 253. The zero-order valence-electron chi connectivity index (χ0n) is 9.59. The van der Waals surface area contributed by atoms with E-state index in [1.807, 2.05) is 7.05 Å². The molecule has 0 saturated carbocycles. The molecule has 80 valence electrons. The lowest BCUT2D eigenvalue weighted by molar-refractivity contribution is 0.539. The molecule has 0 aliphatic carbocycles. The van der Waals surface area contributed by atoms with Crippen molar-refractivity contribution < 1.29 is 0 Å². The second kappa shape index (κ2) is 5.86. The van der Waals surface area contributed by atoms with Crippen LogP contribution in [-0.2, 0) is 6.54 Å². The van der Waals surface area contributed by atoms with Gasteiger partial charge in [0.2, 0.25) is 0 Å². The van der Waals surface area contributed by atoms with E-state index in [0.717, 1.165) is 6.54 Å². The molecule has 0 amide bonds. The van der Waals surface area contributed by atoms with Gasteiger partial charge in [-0.2, -0.15) is 0 Å². The van der Waals surface area contributed by atoms with Crippen LogP contribution in [0.4, 0.5) is 0 Å². The summed E-state index contributed by atoms with van der Waals surface area (Å²) in [4.78, 5) is 0. The van der Waals surface area contributed by atoms with E-state index in [1.165, 1.54) is 24.8 Å². The Labute approximate surface area is 87.3 Å². The highest BCUT2D eigenvalue weighted by molar-refractivity contribution is 5.15. The Balaban J connectivity index is 2.63. The lowest BCUT2D eigenvalue weighted by atomic mass is 10.1. The molecule has 14 heavy (non-hydrogen) atoms. The van der Waals surface area contributed by atoms with Gasteiger partial charge in [0.1, 0.15) is 0 Å². The van der Waals surface area contributed by atoms with Crippen molar-refractivity contribution in [1.82, 2.24) is 9.88 Å². The van der Waals surface area contributed by atoms with Crippen LogP contribution in [0, 0.1) is 0 Å². The maximum absolute atomic E-state index is 3.36. The van der Waals surface area contributed by atoms with Gasteiger partial charge in [-0.1, -0.05) is 20.3 Å². The minimum Gasteiger partial charge on any atom is -0.354 e. The molecule has 1 unspecified atom stereocenters. The molecule has 0 aromatic carbocycles. The van der Waals surface area contributed by atoms with Crippen molar-refractivity contribution in [3.05, 3.63) is 24.0 Å². The molecule has 1 heterocycles. The Hall–Kier alpha value is -0.760. The molecule has 1 aromatic rings. The second-order valence-corrected chi connectivity index (χ2v) is 3.81. The molecule has 1 aromatic heterocycles. The van der Waals surface area contributed by atoms with Crippen LogP contribution in [-0.4, -0.2) is 11.6 Å². The zero-order valence-corrected chi connectivity index (χ0v) is 9.59. The number of aryl methyl sites for hydroxylation is 1.